The molecule has 7 heteroatoms. The normalized spacial score (nSPS) is 18.7. The maximum absolute atomic E-state index is 15.0. The second-order valence-corrected chi connectivity index (χ2v) is 8.45. The number of nitrogens with one attached hydrogen (secondary N) is 1. The zero-order valence-corrected chi connectivity index (χ0v) is 18.3. The van der Waals surface area contributed by atoms with Crippen LogP contribution in [0.25, 0.3) is 10.9 Å². The number of nitrogens with zero attached hydrogens (tertiary/aromatic N) is 1. The molecule has 0 bridgehead atoms. The van der Waals surface area contributed by atoms with Gasteiger partial charge in [0.15, 0.2) is 0 Å². The Hall–Kier alpha value is -3.21. The second kappa shape index (κ2) is 9.34. The van der Waals surface area contributed by atoms with Crippen LogP contribution >= 0.6 is 0 Å². The number of fused-ring (bicyclic) bond motifs is 3. The molecule has 1 aromatic heterocycles. The summed E-state index contributed by atoms with van der Waals surface area (Å²) in [5.41, 5.74) is 2.63. The van der Waals surface area contributed by atoms with Crippen LogP contribution < -0.4 is 0 Å². The summed E-state index contributed by atoms with van der Waals surface area (Å²) < 4.78 is 28.7. The summed E-state index contributed by atoms with van der Waals surface area (Å²) >= 11 is 0. The molecule has 5 nitrogen and oxygen atoms in total. The third-order valence-corrected chi connectivity index (χ3v) is 6.40. The monoisotopic (exact) mass is 452 g/mol. The first-order valence-electron chi connectivity index (χ1n) is 11.1. The van der Waals surface area contributed by atoms with E-state index in [1.54, 1.807) is 23.1 Å². The lowest BCUT2D eigenvalue weighted by Crippen LogP contribution is -2.47. The molecule has 0 saturated heterocycles. The molecule has 0 saturated carbocycles. The molecule has 3 atom stereocenters. The van der Waals surface area contributed by atoms with E-state index in [0.29, 0.717) is 29.5 Å². The van der Waals surface area contributed by atoms with Crippen molar-refractivity contribution in [3.8, 4) is 12.3 Å². The fourth-order valence-corrected chi connectivity index (χ4v) is 4.79. The molecule has 2 unspecified atom stereocenters. The van der Waals surface area contributed by atoms with Gasteiger partial charge in [0.1, 0.15) is 17.7 Å². The van der Waals surface area contributed by atoms with Crippen molar-refractivity contribution in [2.24, 2.45) is 0 Å². The maximum atomic E-state index is 15.0. The number of H-pyrrole nitrogens is 1. The summed E-state index contributed by atoms with van der Waals surface area (Å²) in [5, 5.41) is 20.0. The van der Waals surface area contributed by atoms with E-state index in [-0.39, 0.29) is 17.1 Å². The Balaban J connectivity index is 1.97. The third-order valence-electron chi connectivity index (χ3n) is 6.40. The lowest BCUT2D eigenvalue weighted by molar-refractivity contribution is -0.130. The van der Waals surface area contributed by atoms with Crippen molar-refractivity contribution in [3.63, 3.8) is 0 Å². The molecule has 1 amide bonds. The molecule has 1 aliphatic rings. The van der Waals surface area contributed by atoms with Crippen LogP contribution in [0.2, 0.25) is 0 Å². The van der Waals surface area contributed by atoms with E-state index in [0.717, 1.165) is 18.4 Å². The summed E-state index contributed by atoms with van der Waals surface area (Å²) in [5.74, 6) is 0.771. The minimum absolute atomic E-state index is 0.232. The molecule has 2 heterocycles. The molecule has 3 aromatic rings. The van der Waals surface area contributed by atoms with Gasteiger partial charge in [-0.25, -0.2) is 8.78 Å². The van der Waals surface area contributed by atoms with Gasteiger partial charge in [0.05, 0.1) is 18.2 Å². The van der Waals surface area contributed by atoms with E-state index >= 15 is 4.39 Å². The van der Waals surface area contributed by atoms with E-state index in [9.17, 15) is 19.4 Å². The van der Waals surface area contributed by atoms with Crippen molar-refractivity contribution in [2.75, 3.05) is 6.61 Å². The van der Waals surface area contributed by atoms with Crippen molar-refractivity contribution < 1.29 is 23.8 Å². The summed E-state index contributed by atoms with van der Waals surface area (Å²) in [7, 11) is 0. The Bertz CT molecular complexity index is 1210. The number of amides is 1. The molecule has 0 fully saturated rings. The molecule has 0 spiro atoms. The Labute approximate surface area is 191 Å². The number of terminal acetylenes is 1. The average molecular weight is 453 g/mol. The van der Waals surface area contributed by atoms with Crippen molar-refractivity contribution in [2.45, 2.75) is 50.8 Å². The number of aliphatic hydroxyl groups is 2. The molecular formula is C26H26F2N2O3. The first-order chi connectivity index (χ1) is 15.9. The highest BCUT2D eigenvalue weighted by Crippen LogP contribution is 2.43. The predicted octanol–water partition coefficient (Wildman–Crippen LogP) is 4.14. The fourth-order valence-electron chi connectivity index (χ4n) is 4.79. The van der Waals surface area contributed by atoms with Gasteiger partial charge < -0.3 is 20.1 Å². The van der Waals surface area contributed by atoms with E-state index in [1.807, 2.05) is 0 Å². The van der Waals surface area contributed by atoms with Crippen molar-refractivity contribution in [1.82, 2.24) is 9.88 Å². The number of halogens is 2. The third kappa shape index (κ3) is 4.12. The Morgan fingerprint density at radius 1 is 1.30 bits per heavy atom. The van der Waals surface area contributed by atoms with Crippen LogP contribution in [-0.2, 0) is 11.2 Å². The van der Waals surface area contributed by atoms with Crippen LogP contribution in [0.5, 0.6) is 0 Å². The topological polar surface area (TPSA) is 76.6 Å². The van der Waals surface area contributed by atoms with Crippen LogP contribution in [-0.4, -0.2) is 38.7 Å². The highest BCUT2D eigenvalue weighted by atomic mass is 19.1. The van der Waals surface area contributed by atoms with Crippen LogP contribution in [0.3, 0.4) is 0 Å². The van der Waals surface area contributed by atoms with Crippen LogP contribution in [0.4, 0.5) is 8.78 Å². The molecule has 33 heavy (non-hydrogen) atoms. The molecular weight excluding hydrogens is 426 g/mol. The van der Waals surface area contributed by atoms with Crippen LogP contribution in [0.1, 0.15) is 60.7 Å². The number of rotatable bonds is 6. The number of unbranched alkanes of at least 4 members (excludes halogenated alkanes) is 1. The minimum atomic E-state index is -1.21. The van der Waals surface area contributed by atoms with Crippen molar-refractivity contribution in [3.05, 3.63) is 70.4 Å². The standard InChI is InChI=1S/C26H26F2N2O3/c1-3-5-6-18-13-20-19-11-16(22(32)14-31)12-21(28)24(19)29-25(20)26(30(18)23(33)4-2)15-7-9-17(27)10-8-15/h2,7-12,18,22,26,29,31-32H,3,5-6,13-14H2,1H3/t18-,22?,26?/m0/s1. The van der Waals surface area contributed by atoms with Gasteiger partial charge in [-0.1, -0.05) is 31.9 Å². The number of carbonyl (C=O) groups excluding carboxylic acids is 1. The minimum Gasteiger partial charge on any atom is -0.393 e. The van der Waals surface area contributed by atoms with Gasteiger partial charge >= 0.3 is 0 Å². The Morgan fingerprint density at radius 2 is 2.03 bits per heavy atom. The quantitative estimate of drug-likeness (QED) is 0.492. The first-order valence-corrected chi connectivity index (χ1v) is 11.1. The summed E-state index contributed by atoms with van der Waals surface area (Å²) in [6.07, 6.45) is 7.28. The lowest BCUT2D eigenvalue weighted by atomic mass is 9.85. The smallest absolute Gasteiger partial charge is 0.299 e. The number of aromatic nitrogens is 1. The Morgan fingerprint density at radius 3 is 2.67 bits per heavy atom. The van der Waals surface area contributed by atoms with Crippen molar-refractivity contribution in [1.29, 1.82) is 0 Å². The predicted molar refractivity (Wildman–Crippen MR) is 121 cm³/mol. The first kappa shape index (κ1) is 23.0. The molecule has 172 valence electrons. The summed E-state index contributed by atoms with van der Waals surface area (Å²) in [6.45, 7) is 1.53. The maximum Gasteiger partial charge on any atom is 0.299 e. The van der Waals surface area contributed by atoms with Gasteiger partial charge in [-0.3, -0.25) is 4.79 Å². The largest absolute Gasteiger partial charge is 0.393 e. The second-order valence-electron chi connectivity index (χ2n) is 8.45. The lowest BCUT2D eigenvalue weighted by Gasteiger charge is -2.41. The average Bonchev–Trinajstić information content (AvgIpc) is 3.20. The summed E-state index contributed by atoms with van der Waals surface area (Å²) in [6, 6.07) is 7.84. The highest BCUT2D eigenvalue weighted by molar-refractivity contribution is 5.95. The SMILES string of the molecule is C#CC(=O)N1C(c2ccc(F)cc2)c2[nH]c3c(F)cc(C(O)CO)cc3c2C[C@@H]1CCCC. The summed E-state index contributed by atoms with van der Waals surface area (Å²) in [4.78, 5) is 17.7. The van der Waals surface area contributed by atoms with Gasteiger partial charge in [-0.2, -0.15) is 0 Å². The molecule has 2 aromatic carbocycles. The zero-order chi connectivity index (χ0) is 23.7. The van der Waals surface area contributed by atoms with Crippen LogP contribution in [0, 0.1) is 24.0 Å². The van der Waals surface area contributed by atoms with Gasteiger partial charge in [0, 0.05) is 17.1 Å². The number of hydrogen-bond acceptors (Lipinski definition) is 3. The number of benzene rings is 2. The van der Waals surface area contributed by atoms with Gasteiger partial charge in [0.2, 0.25) is 0 Å². The van der Waals surface area contributed by atoms with Gasteiger partial charge in [-0.05, 0) is 59.7 Å². The van der Waals surface area contributed by atoms with Gasteiger partial charge in [0.25, 0.3) is 5.91 Å². The molecule has 1 aliphatic heterocycles. The number of carbonyl (C=O) groups is 1. The fraction of sp³-hybridized carbons (Fsp3) is 0.346. The zero-order valence-electron chi connectivity index (χ0n) is 18.3. The molecule has 4 rings (SSSR count). The van der Waals surface area contributed by atoms with Gasteiger partial charge in [-0.15, -0.1) is 6.42 Å². The highest BCUT2D eigenvalue weighted by Gasteiger charge is 2.40. The van der Waals surface area contributed by atoms with E-state index in [4.69, 9.17) is 6.42 Å². The number of aromatic amines is 1. The molecule has 0 aliphatic carbocycles. The Kier molecular flexibility index (Phi) is 6.50. The molecule has 3 N–H and O–H groups in total. The van der Waals surface area contributed by atoms with Crippen LogP contribution in [0.15, 0.2) is 36.4 Å². The number of aliphatic hydroxyl groups excluding tert-OH is 2. The van der Waals surface area contributed by atoms with Crippen molar-refractivity contribution >= 4 is 16.8 Å². The molecule has 0 radical (unpaired) electrons. The van der Waals surface area contributed by atoms with E-state index in [1.165, 1.54) is 18.2 Å². The van der Waals surface area contributed by atoms with E-state index < -0.39 is 36.3 Å². The number of hydrogen-bond donors (Lipinski definition) is 3. The van der Waals surface area contributed by atoms with E-state index in [2.05, 4.69) is 17.8 Å².